The minimum atomic E-state index is -1.18. The van der Waals surface area contributed by atoms with E-state index in [4.69, 9.17) is 25.3 Å². The van der Waals surface area contributed by atoms with Crippen LogP contribution >= 0.6 is 11.6 Å². The summed E-state index contributed by atoms with van der Waals surface area (Å²) in [5, 5.41) is 1.30. The molecule has 1 saturated heterocycles. The zero-order valence-corrected chi connectivity index (χ0v) is 11.9. The molecule has 21 heavy (non-hydrogen) atoms. The predicted molar refractivity (Wildman–Crippen MR) is 76.3 cm³/mol. The van der Waals surface area contributed by atoms with Crippen LogP contribution in [0.5, 0.6) is 0 Å². The van der Waals surface area contributed by atoms with Gasteiger partial charge in [0.1, 0.15) is 5.58 Å². The molecule has 1 aromatic heterocycles. The van der Waals surface area contributed by atoms with Crippen molar-refractivity contribution in [1.82, 2.24) is 4.90 Å². The third kappa shape index (κ3) is 3.04. The van der Waals surface area contributed by atoms with Crippen molar-refractivity contribution in [2.24, 2.45) is 0 Å². The van der Waals surface area contributed by atoms with E-state index in [2.05, 4.69) is 0 Å². The lowest BCUT2D eigenvalue weighted by molar-refractivity contribution is -0.145. The molecule has 0 radical (unpaired) electrons. The second kappa shape index (κ2) is 5.42. The normalized spacial score (nSPS) is 17.3. The molecule has 6 nitrogen and oxygen atoms in total. The fourth-order valence-corrected chi connectivity index (χ4v) is 2.28. The molecule has 3 rings (SSSR count). The van der Waals surface area contributed by atoms with Crippen molar-refractivity contribution in [1.29, 1.82) is 0 Å². The molecular weight excluding hydrogens is 296 g/mol. The van der Waals surface area contributed by atoms with E-state index < -0.39 is 19.1 Å². The molecule has 108 valence electrons. The second-order valence-electron chi connectivity index (χ2n) is 4.81. The van der Waals surface area contributed by atoms with Crippen LogP contribution in [-0.2, 0) is 18.9 Å². The van der Waals surface area contributed by atoms with Crippen LogP contribution in [0.4, 0.5) is 0 Å². The molecule has 2 heterocycles. The Morgan fingerprint density at radius 3 is 2.48 bits per heavy atom. The average molecular weight is 307 g/mol. The van der Waals surface area contributed by atoms with E-state index in [-0.39, 0.29) is 18.7 Å². The summed E-state index contributed by atoms with van der Waals surface area (Å²) in [6.07, 6.45) is 0. The number of nitrogens with zero attached hydrogens (tertiary/aromatic N) is 1. The number of benzene rings is 1. The van der Waals surface area contributed by atoms with Crippen LogP contribution in [0.15, 0.2) is 28.7 Å². The minimum absolute atomic E-state index is 0.0116. The van der Waals surface area contributed by atoms with Crippen molar-refractivity contribution in [3.8, 4) is 0 Å². The maximum absolute atomic E-state index is 11.7. The number of carbonyl (C=O) groups is 2. The summed E-state index contributed by atoms with van der Waals surface area (Å²) in [5.41, 5.74) is 0.819. The highest BCUT2D eigenvalue weighted by molar-refractivity contribution is 6.63. The Labute approximate surface area is 125 Å². The van der Waals surface area contributed by atoms with Crippen molar-refractivity contribution in [3.05, 3.63) is 29.3 Å². The molecule has 0 aliphatic carbocycles. The van der Waals surface area contributed by atoms with Crippen molar-refractivity contribution < 1.29 is 23.3 Å². The van der Waals surface area contributed by atoms with Crippen molar-refractivity contribution in [2.75, 3.05) is 20.1 Å². The molecule has 1 aliphatic heterocycles. The van der Waals surface area contributed by atoms with Gasteiger partial charge in [-0.3, -0.25) is 14.5 Å². The molecule has 0 atom stereocenters. The molecule has 1 aliphatic rings. The molecule has 2 aromatic rings. The molecule has 0 unspecified atom stereocenters. The lowest BCUT2D eigenvalue weighted by atomic mass is 9.85. The molecule has 0 spiro atoms. The molecule has 1 fully saturated rings. The molecular formula is C13H11BClNO5. The topological polar surface area (TPSA) is 69.0 Å². The van der Waals surface area contributed by atoms with E-state index in [1.165, 1.54) is 4.90 Å². The number of hydrogen-bond donors (Lipinski definition) is 0. The van der Waals surface area contributed by atoms with Crippen LogP contribution in [-0.4, -0.2) is 44.1 Å². The molecule has 8 heteroatoms. The van der Waals surface area contributed by atoms with E-state index in [1.54, 1.807) is 31.3 Å². The summed E-state index contributed by atoms with van der Waals surface area (Å²) in [6.45, 7) is 0.0231. The van der Waals surface area contributed by atoms with Gasteiger partial charge in [0.2, 0.25) is 0 Å². The van der Waals surface area contributed by atoms with Gasteiger partial charge in [0, 0.05) is 10.4 Å². The summed E-state index contributed by atoms with van der Waals surface area (Å²) in [6, 6.07) is 6.73. The third-order valence-corrected chi connectivity index (χ3v) is 3.24. The molecule has 0 amide bonds. The Hall–Kier alpha value is -1.99. The number of hydrogen-bond acceptors (Lipinski definition) is 6. The molecule has 0 N–H and O–H groups in total. The van der Waals surface area contributed by atoms with E-state index in [1.807, 2.05) is 0 Å². The Kier molecular flexibility index (Phi) is 3.61. The number of rotatable bonds is 1. The maximum atomic E-state index is 11.7. The summed E-state index contributed by atoms with van der Waals surface area (Å²) >= 11 is 5.91. The van der Waals surface area contributed by atoms with E-state index in [0.29, 0.717) is 10.6 Å². The van der Waals surface area contributed by atoms with Crippen LogP contribution < -0.4 is 5.66 Å². The Bertz CT molecular complexity index is 696. The Morgan fingerprint density at radius 2 is 1.81 bits per heavy atom. The third-order valence-electron chi connectivity index (χ3n) is 3.00. The number of halogens is 1. The maximum Gasteiger partial charge on any atom is 0.674 e. The van der Waals surface area contributed by atoms with Crippen LogP contribution in [0.25, 0.3) is 11.0 Å². The highest BCUT2D eigenvalue weighted by Crippen LogP contribution is 2.19. The average Bonchev–Trinajstić information content (AvgIpc) is 2.78. The van der Waals surface area contributed by atoms with Crippen LogP contribution in [0, 0.1) is 0 Å². The first-order chi connectivity index (χ1) is 10.0. The van der Waals surface area contributed by atoms with E-state index in [0.717, 1.165) is 5.39 Å². The number of carbonyl (C=O) groups excluding carboxylic acids is 2. The number of likely N-dealkylation sites (N-methyl/N-ethyl adjacent to an activating group) is 1. The summed E-state index contributed by atoms with van der Waals surface area (Å²) < 4.78 is 15.8. The quantitative estimate of drug-likeness (QED) is 0.726. The van der Waals surface area contributed by atoms with Crippen molar-refractivity contribution in [2.45, 2.75) is 0 Å². The summed E-state index contributed by atoms with van der Waals surface area (Å²) in [7, 11) is 0.455. The van der Waals surface area contributed by atoms with Gasteiger partial charge >= 0.3 is 19.1 Å². The lowest BCUT2D eigenvalue weighted by Crippen LogP contribution is -2.47. The fourth-order valence-electron chi connectivity index (χ4n) is 2.10. The fraction of sp³-hybridized carbons (Fsp3) is 0.231. The highest BCUT2D eigenvalue weighted by Gasteiger charge is 2.37. The minimum Gasteiger partial charge on any atom is -0.492 e. The highest BCUT2D eigenvalue weighted by atomic mass is 35.5. The monoisotopic (exact) mass is 307 g/mol. The number of furan rings is 1. The Balaban J connectivity index is 1.92. The number of fused-ring (bicyclic) bond motifs is 1. The summed E-state index contributed by atoms with van der Waals surface area (Å²) in [5.74, 6) is -0.984. The van der Waals surface area contributed by atoms with Crippen molar-refractivity contribution in [3.63, 3.8) is 0 Å². The van der Waals surface area contributed by atoms with Crippen LogP contribution in [0.2, 0.25) is 5.02 Å². The van der Waals surface area contributed by atoms with Gasteiger partial charge in [-0.15, -0.1) is 0 Å². The van der Waals surface area contributed by atoms with Gasteiger partial charge < -0.3 is 13.7 Å². The van der Waals surface area contributed by atoms with Gasteiger partial charge in [0.25, 0.3) is 0 Å². The van der Waals surface area contributed by atoms with Gasteiger partial charge in [-0.05, 0) is 31.3 Å². The first kappa shape index (κ1) is 14.0. The molecule has 1 aromatic carbocycles. The predicted octanol–water partition coefficient (Wildman–Crippen LogP) is 0.813. The standard InChI is InChI=1S/C13H11BClNO5/c1-16-6-12(17)20-14(21-13(18)7-16)11-5-8-4-9(15)2-3-10(8)19-11/h2-5H,6-7H2,1H3. The largest absolute Gasteiger partial charge is 0.674 e. The molecule has 0 saturated carbocycles. The SMILES string of the molecule is CN1CC(=O)OB(c2cc3cc(Cl)ccc3o2)OC(=O)C1. The molecule has 0 bridgehead atoms. The first-order valence-electron chi connectivity index (χ1n) is 6.28. The first-order valence-corrected chi connectivity index (χ1v) is 6.65. The van der Waals surface area contributed by atoms with E-state index >= 15 is 0 Å². The van der Waals surface area contributed by atoms with Gasteiger partial charge in [0.15, 0.2) is 5.66 Å². The Morgan fingerprint density at radius 1 is 1.14 bits per heavy atom. The van der Waals surface area contributed by atoms with Crippen LogP contribution in [0.1, 0.15) is 0 Å². The smallest absolute Gasteiger partial charge is 0.492 e. The summed E-state index contributed by atoms with van der Waals surface area (Å²) in [4.78, 5) is 24.9. The zero-order valence-electron chi connectivity index (χ0n) is 11.2. The van der Waals surface area contributed by atoms with Crippen LogP contribution in [0.3, 0.4) is 0 Å². The lowest BCUT2D eigenvalue weighted by Gasteiger charge is -2.21. The van der Waals surface area contributed by atoms with Crippen molar-refractivity contribution >= 4 is 47.3 Å². The van der Waals surface area contributed by atoms with E-state index in [9.17, 15) is 9.59 Å². The van der Waals surface area contributed by atoms with Gasteiger partial charge in [0.05, 0.1) is 13.1 Å². The zero-order chi connectivity index (χ0) is 15.0. The van der Waals surface area contributed by atoms with Gasteiger partial charge in [-0.25, -0.2) is 0 Å². The second-order valence-corrected chi connectivity index (χ2v) is 5.25. The van der Waals surface area contributed by atoms with Gasteiger partial charge in [-0.1, -0.05) is 11.6 Å². The van der Waals surface area contributed by atoms with Gasteiger partial charge in [-0.2, -0.15) is 0 Å².